The van der Waals surface area contributed by atoms with Crippen molar-refractivity contribution in [2.24, 2.45) is 10.9 Å². The van der Waals surface area contributed by atoms with Gasteiger partial charge in [0.2, 0.25) is 0 Å². The molecule has 1 aromatic rings. The predicted octanol–water partition coefficient (Wildman–Crippen LogP) is 2.56. The molecule has 0 amide bonds. The van der Waals surface area contributed by atoms with E-state index < -0.39 is 0 Å². The number of rotatable bonds is 6. The Kier molecular flexibility index (Phi) is 6.18. The van der Waals surface area contributed by atoms with Gasteiger partial charge in [0.25, 0.3) is 0 Å². The van der Waals surface area contributed by atoms with Crippen molar-refractivity contribution in [1.82, 2.24) is 0 Å². The van der Waals surface area contributed by atoms with Crippen LogP contribution in [0.1, 0.15) is 12.0 Å². The van der Waals surface area contributed by atoms with Gasteiger partial charge in [-0.05, 0) is 24.6 Å². The van der Waals surface area contributed by atoms with Gasteiger partial charge in [-0.15, -0.1) is 11.8 Å². The van der Waals surface area contributed by atoms with E-state index in [4.69, 9.17) is 27.3 Å². The molecular weight excluding hydrogens is 260 g/mol. The third kappa shape index (κ3) is 4.46. The van der Waals surface area contributed by atoms with E-state index >= 15 is 0 Å². The number of hydrogen-bond acceptors (Lipinski definition) is 4. The second kappa shape index (κ2) is 7.42. The van der Waals surface area contributed by atoms with Crippen molar-refractivity contribution in [2.75, 3.05) is 19.5 Å². The van der Waals surface area contributed by atoms with Gasteiger partial charge in [0.1, 0.15) is 0 Å². The summed E-state index contributed by atoms with van der Waals surface area (Å²) < 4.78 is 4.97. The van der Waals surface area contributed by atoms with Crippen LogP contribution in [-0.2, 0) is 4.74 Å². The van der Waals surface area contributed by atoms with Gasteiger partial charge < -0.3 is 15.7 Å². The van der Waals surface area contributed by atoms with Crippen LogP contribution in [0.15, 0.2) is 28.3 Å². The zero-order chi connectivity index (χ0) is 12.7. The molecular formula is C11H15ClN2O2S. The maximum absolute atomic E-state index is 8.55. The van der Waals surface area contributed by atoms with Gasteiger partial charge in [0.15, 0.2) is 5.84 Å². The Morgan fingerprint density at radius 3 is 2.94 bits per heavy atom. The largest absolute Gasteiger partial charge is 0.409 e. The van der Waals surface area contributed by atoms with E-state index in [9.17, 15) is 0 Å². The molecule has 3 N–H and O–H groups in total. The molecule has 0 aromatic heterocycles. The van der Waals surface area contributed by atoms with Crippen molar-refractivity contribution in [3.63, 3.8) is 0 Å². The maximum atomic E-state index is 8.55. The molecule has 1 rings (SSSR count). The number of benzene rings is 1. The van der Waals surface area contributed by atoms with Crippen LogP contribution in [0.2, 0.25) is 5.02 Å². The second-order valence-electron chi connectivity index (χ2n) is 3.33. The molecule has 94 valence electrons. The van der Waals surface area contributed by atoms with E-state index in [1.54, 1.807) is 31.0 Å². The summed E-state index contributed by atoms with van der Waals surface area (Å²) in [6, 6.07) is 5.34. The van der Waals surface area contributed by atoms with Crippen molar-refractivity contribution >= 4 is 29.2 Å². The number of halogens is 1. The van der Waals surface area contributed by atoms with Gasteiger partial charge in [-0.1, -0.05) is 16.8 Å². The number of ether oxygens (including phenoxy) is 1. The van der Waals surface area contributed by atoms with E-state index in [2.05, 4.69) is 5.16 Å². The number of oxime groups is 1. The van der Waals surface area contributed by atoms with Crippen LogP contribution in [0, 0.1) is 0 Å². The van der Waals surface area contributed by atoms with Crippen LogP contribution in [-0.4, -0.2) is 30.5 Å². The van der Waals surface area contributed by atoms with E-state index in [1.165, 1.54) is 0 Å². The van der Waals surface area contributed by atoms with Crippen molar-refractivity contribution in [3.8, 4) is 0 Å². The number of nitrogens with zero attached hydrogens (tertiary/aromatic N) is 1. The minimum atomic E-state index is 0.0582. The first kappa shape index (κ1) is 14.2. The van der Waals surface area contributed by atoms with Crippen LogP contribution in [0.25, 0.3) is 0 Å². The number of hydrogen-bond donors (Lipinski definition) is 2. The Labute approximate surface area is 110 Å². The highest BCUT2D eigenvalue weighted by Crippen LogP contribution is 2.28. The third-order valence-electron chi connectivity index (χ3n) is 2.09. The molecule has 0 atom stereocenters. The van der Waals surface area contributed by atoms with E-state index in [0.29, 0.717) is 10.6 Å². The molecule has 6 heteroatoms. The van der Waals surface area contributed by atoms with E-state index in [-0.39, 0.29) is 5.84 Å². The Hall–Kier alpha value is -0.910. The molecule has 0 fully saturated rings. The lowest BCUT2D eigenvalue weighted by Gasteiger charge is -2.06. The minimum absolute atomic E-state index is 0.0582. The fourth-order valence-electron chi connectivity index (χ4n) is 1.22. The molecule has 0 saturated heterocycles. The zero-order valence-corrected chi connectivity index (χ0v) is 11.1. The number of methoxy groups -OCH3 is 1. The van der Waals surface area contributed by atoms with Gasteiger partial charge >= 0.3 is 0 Å². The number of amidine groups is 1. The van der Waals surface area contributed by atoms with Gasteiger partial charge in [-0.25, -0.2) is 0 Å². The topological polar surface area (TPSA) is 67.8 Å². The highest BCUT2D eigenvalue weighted by Gasteiger charge is 2.05. The zero-order valence-electron chi connectivity index (χ0n) is 9.52. The maximum Gasteiger partial charge on any atom is 0.170 e. The lowest BCUT2D eigenvalue weighted by Crippen LogP contribution is -2.12. The van der Waals surface area contributed by atoms with Crippen molar-refractivity contribution in [2.45, 2.75) is 11.3 Å². The van der Waals surface area contributed by atoms with Crippen molar-refractivity contribution in [3.05, 3.63) is 28.8 Å². The summed E-state index contributed by atoms with van der Waals surface area (Å²) in [7, 11) is 1.68. The molecule has 0 spiro atoms. The summed E-state index contributed by atoms with van der Waals surface area (Å²) in [6.07, 6.45) is 0.972. The average molecular weight is 275 g/mol. The highest BCUT2D eigenvalue weighted by molar-refractivity contribution is 7.99. The standard InChI is InChI=1S/C11H15ClN2O2S/c1-16-5-2-6-17-10-4-3-8(7-9(10)12)11(13)14-15/h3-4,7,15H,2,5-6H2,1H3,(H2,13,14). The SMILES string of the molecule is COCCCSc1ccc(C(N)=NO)cc1Cl. The summed E-state index contributed by atoms with van der Waals surface area (Å²) in [5.74, 6) is 0.999. The summed E-state index contributed by atoms with van der Waals surface area (Å²) in [5.41, 5.74) is 6.08. The molecule has 0 saturated carbocycles. The summed E-state index contributed by atoms with van der Waals surface area (Å²) in [5, 5.41) is 12.1. The van der Waals surface area contributed by atoms with Crippen LogP contribution in [0.5, 0.6) is 0 Å². The summed E-state index contributed by atoms with van der Waals surface area (Å²) in [4.78, 5) is 0.984. The fourth-order valence-corrected chi connectivity index (χ4v) is 2.41. The molecule has 0 unspecified atom stereocenters. The molecule has 0 heterocycles. The quantitative estimate of drug-likeness (QED) is 0.209. The predicted molar refractivity (Wildman–Crippen MR) is 71.2 cm³/mol. The first-order valence-corrected chi connectivity index (χ1v) is 6.44. The fraction of sp³-hybridized carbons (Fsp3) is 0.364. The Bertz CT molecular complexity index is 399. The van der Waals surface area contributed by atoms with Gasteiger partial charge in [-0.2, -0.15) is 0 Å². The first-order chi connectivity index (χ1) is 8.19. The Morgan fingerprint density at radius 1 is 1.59 bits per heavy atom. The summed E-state index contributed by atoms with van der Waals surface area (Å²) >= 11 is 7.76. The monoisotopic (exact) mass is 274 g/mol. The lowest BCUT2D eigenvalue weighted by molar-refractivity contribution is 0.200. The Balaban J connectivity index is 2.63. The smallest absolute Gasteiger partial charge is 0.170 e. The molecule has 0 bridgehead atoms. The van der Waals surface area contributed by atoms with E-state index in [0.717, 1.165) is 23.7 Å². The van der Waals surface area contributed by atoms with Crippen molar-refractivity contribution in [1.29, 1.82) is 0 Å². The van der Waals surface area contributed by atoms with Crippen LogP contribution < -0.4 is 5.73 Å². The Morgan fingerprint density at radius 2 is 2.35 bits per heavy atom. The van der Waals surface area contributed by atoms with Gasteiger partial charge in [0, 0.05) is 29.9 Å². The molecule has 0 aliphatic carbocycles. The highest BCUT2D eigenvalue weighted by atomic mass is 35.5. The first-order valence-electron chi connectivity index (χ1n) is 5.08. The second-order valence-corrected chi connectivity index (χ2v) is 4.87. The molecule has 4 nitrogen and oxygen atoms in total. The average Bonchev–Trinajstić information content (AvgIpc) is 2.35. The van der Waals surface area contributed by atoms with Gasteiger partial charge in [-0.3, -0.25) is 0 Å². The van der Waals surface area contributed by atoms with E-state index in [1.807, 2.05) is 6.07 Å². The van der Waals surface area contributed by atoms with Crippen molar-refractivity contribution < 1.29 is 9.94 Å². The molecule has 17 heavy (non-hydrogen) atoms. The van der Waals surface area contributed by atoms with Gasteiger partial charge in [0.05, 0.1) is 5.02 Å². The van der Waals surface area contributed by atoms with Crippen LogP contribution in [0.4, 0.5) is 0 Å². The lowest BCUT2D eigenvalue weighted by atomic mass is 10.2. The summed E-state index contributed by atoms with van der Waals surface area (Å²) in [6.45, 7) is 0.743. The molecule has 0 radical (unpaired) electrons. The molecule has 0 aliphatic rings. The number of thioether (sulfide) groups is 1. The molecule has 1 aromatic carbocycles. The van der Waals surface area contributed by atoms with Crippen LogP contribution in [0.3, 0.4) is 0 Å². The van der Waals surface area contributed by atoms with Crippen LogP contribution >= 0.6 is 23.4 Å². The third-order valence-corrected chi connectivity index (χ3v) is 3.67. The molecule has 0 aliphatic heterocycles. The minimum Gasteiger partial charge on any atom is -0.409 e. The normalized spacial score (nSPS) is 11.8. The number of nitrogens with two attached hydrogens (primary N) is 1.